The summed E-state index contributed by atoms with van der Waals surface area (Å²) >= 11 is 6.11. The highest BCUT2D eigenvalue weighted by Crippen LogP contribution is 2.44. The molecule has 0 heterocycles. The minimum atomic E-state index is -0.0767. The van der Waals surface area contributed by atoms with Gasteiger partial charge in [-0.3, -0.25) is 0 Å². The Labute approximate surface area is 147 Å². The average molecular weight is 335 g/mol. The van der Waals surface area contributed by atoms with Crippen LogP contribution < -0.4 is 0 Å². The van der Waals surface area contributed by atoms with Crippen molar-refractivity contribution in [1.82, 2.24) is 0 Å². The summed E-state index contributed by atoms with van der Waals surface area (Å²) in [5.41, 5.74) is 5.31. The molecule has 0 radical (unpaired) electrons. The van der Waals surface area contributed by atoms with E-state index in [9.17, 15) is 5.11 Å². The smallest absolute Gasteiger partial charge is 0.115 e. The molecule has 0 fully saturated rings. The first kappa shape index (κ1) is 15.3. The Morgan fingerprint density at radius 3 is 2.00 bits per heavy atom. The van der Waals surface area contributed by atoms with E-state index in [0.717, 1.165) is 24.3 Å². The van der Waals surface area contributed by atoms with Crippen molar-refractivity contribution in [3.8, 4) is 5.75 Å². The number of fused-ring (bicyclic) bond motifs is 1. The standard InChI is InChI=1S/C22H19ClO/c23-20-9-5-18(6-10-20)22(19-7-11-21(24)12-8-19)14-13-16-3-1-2-4-17(16)15-22/h1-12,24H,13-15H2. The second kappa shape index (κ2) is 5.99. The minimum absolute atomic E-state index is 0.0767. The summed E-state index contributed by atoms with van der Waals surface area (Å²) in [6.07, 6.45) is 3.08. The van der Waals surface area contributed by atoms with Crippen molar-refractivity contribution < 1.29 is 5.11 Å². The molecular formula is C22H19ClO. The molecule has 24 heavy (non-hydrogen) atoms. The van der Waals surface area contributed by atoms with E-state index in [0.29, 0.717) is 5.75 Å². The first-order valence-electron chi connectivity index (χ1n) is 8.30. The molecule has 0 saturated heterocycles. The van der Waals surface area contributed by atoms with E-state index in [2.05, 4.69) is 48.5 Å². The Bertz CT molecular complexity index is 804. The first-order valence-corrected chi connectivity index (χ1v) is 8.67. The quantitative estimate of drug-likeness (QED) is 0.654. The third-order valence-corrected chi connectivity index (χ3v) is 5.50. The third kappa shape index (κ3) is 2.59. The molecule has 1 nitrogen and oxygen atoms in total. The van der Waals surface area contributed by atoms with E-state index >= 15 is 0 Å². The highest BCUT2D eigenvalue weighted by molar-refractivity contribution is 6.30. The number of benzene rings is 3. The Morgan fingerprint density at radius 1 is 0.750 bits per heavy atom. The second-order valence-corrected chi connectivity index (χ2v) is 7.02. The summed E-state index contributed by atoms with van der Waals surface area (Å²) in [7, 11) is 0. The van der Waals surface area contributed by atoms with Crippen molar-refractivity contribution >= 4 is 11.6 Å². The summed E-state index contributed by atoms with van der Waals surface area (Å²) in [6, 6.07) is 24.6. The Balaban J connectivity index is 1.87. The molecule has 1 unspecified atom stereocenters. The zero-order chi connectivity index (χ0) is 16.6. The van der Waals surface area contributed by atoms with Crippen LogP contribution >= 0.6 is 11.6 Å². The zero-order valence-corrected chi connectivity index (χ0v) is 14.1. The van der Waals surface area contributed by atoms with E-state index in [4.69, 9.17) is 11.6 Å². The molecule has 1 aliphatic rings. The lowest BCUT2D eigenvalue weighted by Crippen LogP contribution is -2.34. The fraction of sp³-hybridized carbons (Fsp3) is 0.182. The van der Waals surface area contributed by atoms with Crippen molar-refractivity contribution in [2.75, 3.05) is 0 Å². The van der Waals surface area contributed by atoms with Crippen LogP contribution in [0.3, 0.4) is 0 Å². The first-order chi connectivity index (χ1) is 11.7. The molecule has 0 aliphatic heterocycles. The van der Waals surface area contributed by atoms with Gasteiger partial charge in [0.15, 0.2) is 0 Å². The van der Waals surface area contributed by atoms with Gasteiger partial charge in [-0.1, -0.05) is 60.1 Å². The van der Waals surface area contributed by atoms with Crippen LogP contribution in [0.15, 0.2) is 72.8 Å². The summed E-state index contributed by atoms with van der Waals surface area (Å²) in [5, 5.41) is 10.4. The predicted molar refractivity (Wildman–Crippen MR) is 98.8 cm³/mol. The van der Waals surface area contributed by atoms with Crippen molar-refractivity contribution in [1.29, 1.82) is 0 Å². The molecule has 0 bridgehead atoms. The molecule has 120 valence electrons. The van der Waals surface area contributed by atoms with Gasteiger partial charge >= 0.3 is 0 Å². The second-order valence-electron chi connectivity index (χ2n) is 6.58. The van der Waals surface area contributed by atoms with Crippen molar-refractivity contribution in [3.05, 3.63) is 100 Å². The molecule has 0 aromatic heterocycles. The maximum absolute atomic E-state index is 9.69. The van der Waals surface area contributed by atoms with Gasteiger partial charge in [-0.2, -0.15) is 0 Å². The Hall–Kier alpha value is -2.25. The minimum Gasteiger partial charge on any atom is -0.508 e. The topological polar surface area (TPSA) is 20.2 Å². The van der Waals surface area contributed by atoms with Crippen LogP contribution in [0, 0.1) is 0 Å². The highest BCUT2D eigenvalue weighted by atomic mass is 35.5. The number of halogens is 1. The number of phenols is 1. The lowest BCUT2D eigenvalue weighted by molar-refractivity contribution is 0.441. The van der Waals surface area contributed by atoms with Gasteiger partial charge in [-0.25, -0.2) is 0 Å². The number of aromatic hydroxyl groups is 1. The summed E-state index contributed by atoms with van der Waals surface area (Å²) in [6.45, 7) is 0. The molecule has 1 atom stereocenters. The molecular weight excluding hydrogens is 316 g/mol. The van der Waals surface area contributed by atoms with E-state index in [-0.39, 0.29) is 5.41 Å². The van der Waals surface area contributed by atoms with Gasteiger partial charge in [0.25, 0.3) is 0 Å². The molecule has 2 heteroatoms. The molecule has 0 saturated carbocycles. The lowest BCUT2D eigenvalue weighted by Gasteiger charge is -2.39. The van der Waals surface area contributed by atoms with Gasteiger partial charge in [0.2, 0.25) is 0 Å². The molecule has 0 amide bonds. The van der Waals surface area contributed by atoms with Gasteiger partial charge in [0, 0.05) is 10.4 Å². The fourth-order valence-electron chi connectivity index (χ4n) is 3.94. The van der Waals surface area contributed by atoms with Crippen LogP contribution in [-0.2, 0) is 18.3 Å². The van der Waals surface area contributed by atoms with Gasteiger partial charge < -0.3 is 5.11 Å². The van der Waals surface area contributed by atoms with Gasteiger partial charge in [-0.05, 0) is 65.8 Å². The van der Waals surface area contributed by atoms with Crippen molar-refractivity contribution in [2.24, 2.45) is 0 Å². The van der Waals surface area contributed by atoms with Crippen LogP contribution in [0.2, 0.25) is 5.02 Å². The number of hydrogen-bond donors (Lipinski definition) is 1. The number of rotatable bonds is 2. The fourth-order valence-corrected chi connectivity index (χ4v) is 4.07. The zero-order valence-electron chi connectivity index (χ0n) is 13.4. The van der Waals surface area contributed by atoms with Gasteiger partial charge in [0.1, 0.15) is 5.75 Å². The van der Waals surface area contributed by atoms with Gasteiger partial charge in [-0.15, -0.1) is 0 Å². The Morgan fingerprint density at radius 2 is 1.33 bits per heavy atom. The van der Waals surface area contributed by atoms with E-state index in [1.165, 1.54) is 22.3 Å². The molecule has 0 spiro atoms. The van der Waals surface area contributed by atoms with Crippen LogP contribution in [-0.4, -0.2) is 5.11 Å². The van der Waals surface area contributed by atoms with E-state index in [1.54, 1.807) is 12.1 Å². The SMILES string of the molecule is Oc1ccc(C2(c3ccc(Cl)cc3)CCc3ccccc3C2)cc1. The summed E-state index contributed by atoms with van der Waals surface area (Å²) in [4.78, 5) is 0. The van der Waals surface area contributed by atoms with Gasteiger partial charge in [0.05, 0.1) is 0 Å². The monoisotopic (exact) mass is 334 g/mol. The molecule has 3 aromatic carbocycles. The number of phenolic OH excluding ortho intramolecular Hbond substituents is 1. The average Bonchev–Trinajstić information content (AvgIpc) is 2.62. The van der Waals surface area contributed by atoms with E-state index in [1.807, 2.05) is 12.1 Å². The number of aryl methyl sites for hydroxylation is 1. The normalized spacial score (nSPS) is 19.7. The van der Waals surface area contributed by atoms with Crippen LogP contribution in [0.1, 0.15) is 28.7 Å². The summed E-state index contributed by atoms with van der Waals surface area (Å²) < 4.78 is 0. The maximum atomic E-state index is 9.69. The molecule has 1 aliphatic carbocycles. The lowest BCUT2D eigenvalue weighted by atomic mass is 9.64. The van der Waals surface area contributed by atoms with Crippen LogP contribution in [0.5, 0.6) is 5.75 Å². The third-order valence-electron chi connectivity index (χ3n) is 5.25. The van der Waals surface area contributed by atoms with Crippen LogP contribution in [0.4, 0.5) is 0 Å². The molecule has 4 rings (SSSR count). The van der Waals surface area contributed by atoms with Crippen molar-refractivity contribution in [3.63, 3.8) is 0 Å². The largest absolute Gasteiger partial charge is 0.508 e. The highest BCUT2D eigenvalue weighted by Gasteiger charge is 2.37. The maximum Gasteiger partial charge on any atom is 0.115 e. The van der Waals surface area contributed by atoms with Crippen molar-refractivity contribution in [2.45, 2.75) is 24.7 Å². The molecule has 1 N–H and O–H groups in total. The predicted octanol–water partition coefficient (Wildman–Crippen LogP) is 5.52. The molecule has 3 aromatic rings. The summed E-state index contributed by atoms with van der Waals surface area (Å²) in [5.74, 6) is 0.307. The van der Waals surface area contributed by atoms with E-state index < -0.39 is 0 Å². The Kier molecular flexibility index (Phi) is 3.82. The number of hydrogen-bond acceptors (Lipinski definition) is 1. The van der Waals surface area contributed by atoms with Crippen LogP contribution in [0.25, 0.3) is 0 Å².